The molecule has 0 fully saturated rings. The van der Waals surface area contributed by atoms with Gasteiger partial charge in [0, 0.05) is 10.9 Å². The predicted molar refractivity (Wildman–Crippen MR) is 97.0 cm³/mol. The van der Waals surface area contributed by atoms with E-state index in [1.165, 1.54) is 30.4 Å². The lowest BCUT2D eigenvalue weighted by Gasteiger charge is -2.13. The summed E-state index contributed by atoms with van der Waals surface area (Å²) in [6.07, 6.45) is 4.76. The first-order valence-electron chi connectivity index (χ1n) is 8.35. The Hall–Kier alpha value is -2.35. The number of hydrogen-bond donors (Lipinski definition) is 0. The van der Waals surface area contributed by atoms with E-state index in [-0.39, 0.29) is 0 Å². The molecule has 0 amide bonds. The van der Waals surface area contributed by atoms with Gasteiger partial charge >= 0.3 is 0 Å². The highest BCUT2D eigenvalue weighted by atomic mass is 16.5. The summed E-state index contributed by atoms with van der Waals surface area (Å²) < 4.78 is 5.49. The van der Waals surface area contributed by atoms with Crippen LogP contribution in [0.4, 0.5) is 0 Å². The monoisotopic (exact) mass is 305 g/mol. The SMILES string of the molecule is CCCCCc1cc2cccc(OC)c2nc1-c1ccccc1. The Morgan fingerprint density at radius 3 is 2.52 bits per heavy atom. The molecule has 118 valence electrons. The number of fused-ring (bicyclic) bond motifs is 1. The molecule has 0 aliphatic carbocycles. The molecule has 0 spiro atoms. The molecule has 1 heterocycles. The number of pyridine rings is 1. The highest BCUT2D eigenvalue weighted by Gasteiger charge is 2.11. The summed E-state index contributed by atoms with van der Waals surface area (Å²) in [4.78, 5) is 4.97. The highest BCUT2D eigenvalue weighted by Crippen LogP contribution is 2.31. The highest BCUT2D eigenvalue weighted by molar-refractivity contribution is 5.88. The Kier molecular flexibility index (Phi) is 4.92. The second-order valence-corrected chi connectivity index (χ2v) is 5.85. The maximum Gasteiger partial charge on any atom is 0.145 e. The van der Waals surface area contributed by atoms with E-state index in [0.29, 0.717) is 0 Å². The van der Waals surface area contributed by atoms with E-state index in [1.807, 2.05) is 18.2 Å². The van der Waals surface area contributed by atoms with E-state index in [4.69, 9.17) is 9.72 Å². The topological polar surface area (TPSA) is 22.1 Å². The molecule has 0 bridgehead atoms. The van der Waals surface area contributed by atoms with Gasteiger partial charge in [-0.15, -0.1) is 0 Å². The molecular formula is C21H23NO. The van der Waals surface area contributed by atoms with Crippen molar-refractivity contribution in [1.29, 1.82) is 0 Å². The Morgan fingerprint density at radius 2 is 1.78 bits per heavy atom. The second kappa shape index (κ2) is 7.28. The number of aryl methyl sites for hydroxylation is 1. The lowest BCUT2D eigenvalue weighted by Crippen LogP contribution is -1.97. The van der Waals surface area contributed by atoms with Gasteiger partial charge in [-0.05, 0) is 30.5 Å². The first kappa shape index (κ1) is 15.5. The van der Waals surface area contributed by atoms with Crippen molar-refractivity contribution in [2.45, 2.75) is 32.6 Å². The molecule has 0 saturated carbocycles. The van der Waals surface area contributed by atoms with Crippen LogP contribution in [-0.2, 0) is 6.42 Å². The molecule has 0 aliphatic rings. The van der Waals surface area contributed by atoms with Gasteiger partial charge in [0.2, 0.25) is 0 Å². The third-order valence-electron chi connectivity index (χ3n) is 4.20. The summed E-state index contributed by atoms with van der Waals surface area (Å²) in [5.74, 6) is 0.833. The van der Waals surface area contributed by atoms with Crippen molar-refractivity contribution in [2.24, 2.45) is 0 Å². The van der Waals surface area contributed by atoms with Crippen LogP contribution in [0.15, 0.2) is 54.6 Å². The molecule has 0 atom stereocenters. The summed E-state index contributed by atoms with van der Waals surface area (Å²) in [5, 5.41) is 1.15. The van der Waals surface area contributed by atoms with E-state index in [9.17, 15) is 0 Å². The Labute approximate surface area is 138 Å². The number of methoxy groups -OCH3 is 1. The maximum atomic E-state index is 5.49. The van der Waals surface area contributed by atoms with Gasteiger partial charge in [0.15, 0.2) is 0 Å². The van der Waals surface area contributed by atoms with Crippen molar-refractivity contribution in [3.63, 3.8) is 0 Å². The number of aromatic nitrogens is 1. The standard InChI is InChI=1S/C21H23NO/c1-3-4-6-12-17-15-18-13-9-14-19(23-2)21(18)22-20(17)16-10-7-5-8-11-16/h5,7-11,13-15H,3-4,6,12H2,1-2H3. The van der Waals surface area contributed by atoms with Crippen LogP contribution < -0.4 is 4.74 Å². The zero-order valence-electron chi connectivity index (χ0n) is 13.9. The van der Waals surface area contributed by atoms with E-state index < -0.39 is 0 Å². The molecule has 2 heteroatoms. The van der Waals surface area contributed by atoms with E-state index in [1.54, 1.807) is 7.11 Å². The van der Waals surface area contributed by atoms with E-state index in [0.717, 1.165) is 28.8 Å². The average molecular weight is 305 g/mol. The van der Waals surface area contributed by atoms with Crippen LogP contribution in [-0.4, -0.2) is 12.1 Å². The summed E-state index contributed by atoms with van der Waals surface area (Å²) >= 11 is 0. The molecule has 0 radical (unpaired) electrons. The summed E-state index contributed by atoms with van der Waals surface area (Å²) in [6, 6.07) is 18.8. The van der Waals surface area contributed by atoms with Crippen LogP contribution in [0, 0.1) is 0 Å². The molecular weight excluding hydrogens is 282 g/mol. The Balaban J connectivity index is 2.14. The number of nitrogens with zero attached hydrogens (tertiary/aromatic N) is 1. The van der Waals surface area contributed by atoms with Crippen LogP contribution >= 0.6 is 0 Å². The molecule has 0 N–H and O–H groups in total. The third kappa shape index (κ3) is 3.37. The number of ether oxygens (including phenoxy) is 1. The zero-order chi connectivity index (χ0) is 16.1. The van der Waals surface area contributed by atoms with Crippen LogP contribution in [0.1, 0.15) is 31.7 Å². The van der Waals surface area contributed by atoms with Gasteiger partial charge in [0.1, 0.15) is 11.3 Å². The van der Waals surface area contributed by atoms with Crippen molar-refractivity contribution < 1.29 is 4.74 Å². The minimum absolute atomic E-state index is 0.833. The molecule has 3 aromatic rings. The quantitative estimate of drug-likeness (QED) is 0.549. The normalized spacial score (nSPS) is 10.9. The number of para-hydroxylation sites is 1. The summed E-state index contributed by atoms with van der Waals surface area (Å²) in [7, 11) is 1.70. The van der Waals surface area contributed by atoms with Gasteiger partial charge in [-0.1, -0.05) is 62.2 Å². The van der Waals surface area contributed by atoms with E-state index >= 15 is 0 Å². The first-order valence-corrected chi connectivity index (χ1v) is 8.35. The smallest absolute Gasteiger partial charge is 0.145 e. The van der Waals surface area contributed by atoms with Crippen molar-refractivity contribution in [3.8, 4) is 17.0 Å². The maximum absolute atomic E-state index is 5.49. The average Bonchev–Trinajstić information content (AvgIpc) is 2.61. The molecule has 3 rings (SSSR count). The predicted octanol–water partition coefficient (Wildman–Crippen LogP) is 5.64. The molecule has 0 unspecified atom stereocenters. The summed E-state index contributed by atoms with van der Waals surface area (Å²) in [5.41, 5.74) is 4.52. The molecule has 0 aliphatic heterocycles. The Morgan fingerprint density at radius 1 is 0.957 bits per heavy atom. The van der Waals surface area contributed by atoms with E-state index in [2.05, 4.69) is 43.3 Å². The fraction of sp³-hybridized carbons (Fsp3) is 0.286. The minimum atomic E-state index is 0.833. The molecule has 2 aromatic carbocycles. The van der Waals surface area contributed by atoms with Gasteiger partial charge in [-0.25, -0.2) is 4.98 Å². The molecule has 0 saturated heterocycles. The third-order valence-corrected chi connectivity index (χ3v) is 4.20. The first-order chi connectivity index (χ1) is 11.3. The van der Waals surface area contributed by atoms with Crippen molar-refractivity contribution in [2.75, 3.05) is 7.11 Å². The number of hydrogen-bond acceptors (Lipinski definition) is 2. The fourth-order valence-electron chi connectivity index (χ4n) is 2.98. The zero-order valence-corrected chi connectivity index (χ0v) is 13.9. The fourth-order valence-corrected chi connectivity index (χ4v) is 2.98. The number of unbranched alkanes of at least 4 members (excludes halogenated alkanes) is 2. The van der Waals surface area contributed by atoms with Crippen LogP contribution in [0.3, 0.4) is 0 Å². The van der Waals surface area contributed by atoms with Gasteiger partial charge in [-0.3, -0.25) is 0 Å². The lowest BCUT2D eigenvalue weighted by atomic mass is 9.98. The minimum Gasteiger partial charge on any atom is -0.494 e. The van der Waals surface area contributed by atoms with Gasteiger partial charge in [0.25, 0.3) is 0 Å². The Bertz CT molecular complexity index is 780. The van der Waals surface area contributed by atoms with Crippen molar-refractivity contribution >= 4 is 10.9 Å². The lowest BCUT2D eigenvalue weighted by molar-refractivity contribution is 0.419. The van der Waals surface area contributed by atoms with Gasteiger partial charge in [0.05, 0.1) is 12.8 Å². The van der Waals surface area contributed by atoms with Gasteiger partial charge < -0.3 is 4.74 Å². The number of rotatable bonds is 6. The van der Waals surface area contributed by atoms with Gasteiger partial charge in [-0.2, -0.15) is 0 Å². The number of benzene rings is 2. The molecule has 1 aromatic heterocycles. The largest absolute Gasteiger partial charge is 0.494 e. The van der Waals surface area contributed by atoms with Crippen LogP contribution in [0.5, 0.6) is 5.75 Å². The van der Waals surface area contributed by atoms with Crippen molar-refractivity contribution in [3.05, 3.63) is 60.2 Å². The second-order valence-electron chi connectivity index (χ2n) is 5.85. The van der Waals surface area contributed by atoms with Crippen LogP contribution in [0.2, 0.25) is 0 Å². The molecule has 23 heavy (non-hydrogen) atoms. The summed E-state index contributed by atoms with van der Waals surface area (Å²) in [6.45, 7) is 2.24. The molecule has 2 nitrogen and oxygen atoms in total. The van der Waals surface area contributed by atoms with Crippen LogP contribution in [0.25, 0.3) is 22.2 Å². The van der Waals surface area contributed by atoms with Crippen molar-refractivity contribution in [1.82, 2.24) is 4.98 Å².